The second-order valence-electron chi connectivity index (χ2n) is 6.55. The molecule has 1 aliphatic rings. The van der Waals surface area contributed by atoms with E-state index in [2.05, 4.69) is 10.3 Å². The molecule has 1 aliphatic heterocycles. The molecule has 0 bridgehead atoms. The Balaban J connectivity index is 1.81. The van der Waals surface area contributed by atoms with Gasteiger partial charge in [-0.3, -0.25) is 4.98 Å². The van der Waals surface area contributed by atoms with Crippen LogP contribution in [0.2, 0.25) is 0 Å². The number of rotatable bonds is 3. The van der Waals surface area contributed by atoms with Gasteiger partial charge in [-0.1, -0.05) is 18.2 Å². The molecule has 0 amide bonds. The second kappa shape index (κ2) is 5.41. The number of benzene rings is 1. The predicted octanol–water partition coefficient (Wildman–Crippen LogP) is 3.12. The van der Waals surface area contributed by atoms with E-state index >= 15 is 0 Å². The van der Waals surface area contributed by atoms with E-state index in [0.29, 0.717) is 0 Å². The molecular formula is C17H21BN2O2. The maximum Gasteiger partial charge on any atom is 0.514 e. The highest BCUT2D eigenvalue weighted by molar-refractivity contribution is 6.61. The Kier molecular flexibility index (Phi) is 3.71. The fourth-order valence-electron chi connectivity index (χ4n) is 2.31. The fourth-order valence-corrected chi connectivity index (χ4v) is 2.31. The van der Waals surface area contributed by atoms with Crippen molar-refractivity contribution in [1.82, 2.24) is 4.98 Å². The predicted molar refractivity (Wildman–Crippen MR) is 89.7 cm³/mol. The summed E-state index contributed by atoms with van der Waals surface area (Å²) in [4.78, 5) is 4.40. The van der Waals surface area contributed by atoms with Crippen molar-refractivity contribution in [3.8, 4) is 0 Å². The molecule has 1 N–H and O–H groups in total. The molecular weight excluding hydrogens is 275 g/mol. The van der Waals surface area contributed by atoms with E-state index in [1.165, 1.54) is 0 Å². The van der Waals surface area contributed by atoms with Gasteiger partial charge in [0.25, 0.3) is 0 Å². The number of para-hydroxylation sites is 1. The molecule has 5 heteroatoms. The molecule has 2 heterocycles. The zero-order valence-corrected chi connectivity index (χ0v) is 13.5. The van der Waals surface area contributed by atoms with Crippen molar-refractivity contribution in [2.24, 2.45) is 0 Å². The molecule has 0 unspecified atom stereocenters. The van der Waals surface area contributed by atoms with Crippen molar-refractivity contribution in [3.63, 3.8) is 0 Å². The number of nitrogens with zero attached hydrogens (tertiary/aromatic N) is 1. The zero-order valence-electron chi connectivity index (χ0n) is 13.5. The molecule has 1 saturated heterocycles. The van der Waals surface area contributed by atoms with Crippen LogP contribution in [0.4, 0.5) is 11.4 Å². The van der Waals surface area contributed by atoms with Gasteiger partial charge < -0.3 is 14.6 Å². The van der Waals surface area contributed by atoms with E-state index in [-0.39, 0.29) is 11.2 Å². The summed E-state index contributed by atoms with van der Waals surface area (Å²) in [5, 5.41) is 3.36. The second-order valence-corrected chi connectivity index (χ2v) is 6.55. The Bertz CT molecular complexity index is 643. The van der Waals surface area contributed by atoms with Crippen molar-refractivity contribution >= 4 is 24.1 Å². The topological polar surface area (TPSA) is 43.4 Å². The Hall–Kier alpha value is -1.85. The Morgan fingerprint density at radius 1 is 0.909 bits per heavy atom. The number of anilines is 2. The standard InChI is InChI=1S/C17H21BN2O2/c1-16(2)17(3,4)22-18(21-16)15-12-14(10-11-19-15)20-13-8-6-5-7-9-13/h5-12H,1-4H3,(H,19,20). The minimum Gasteiger partial charge on any atom is -0.398 e. The molecule has 3 rings (SSSR count). The third-order valence-corrected chi connectivity index (χ3v) is 4.34. The number of nitrogens with one attached hydrogen (secondary N) is 1. The summed E-state index contributed by atoms with van der Waals surface area (Å²) in [6, 6.07) is 13.9. The summed E-state index contributed by atoms with van der Waals surface area (Å²) in [7, 11) is -0.442. The van der Waals surface area contributed by atoms with Gasteiger partial charge in [0.05, 0.1) is 16.8 Å². The van der Waals surface area contributed by atoms with Gasteiger partial charge in [0.1, 0.15) is 0 Å². The summed E-state index contributed by atoms with van der Waals surface area (Å²) >= 11 is 0. The lowest BCUT2D eigenvalue weighted by molar-refractivity contribution is 0.00578. The first-order valence-electron chi connectivity index (χ1n) is 7.51. The van der Waals surface area contributed by atoms with Crippen LogP contribution in [0.25, 0.3) is 0 Å². The molecule has 0 atom stereocenters. The van der Waals surface area contributed by atoms with Crippen molar-refractivity contribution in [3.05, 3.63) is 48.7 Å². The maximum atomic E-state index is 6.04. The highest BCUT2D eigenvalue weighted by atomic mass is 16.7. The summed E-state index contributed by atoms with van der Waals surface area (Å²) < 4.78 is 12.1. The van der Waals surface area contributed by atoms with Crippen LogP contribution < -0.4 is 10.9 Å². The third-order valence-electron chi connectivity index (χ3n) is 4.34. The average Bonchev–Trinajstić information content (AvgIpc) is 2.69. The number of aromatic nitrogens is 1. The first-order chi connectivity index (χ1) is 10.4. The first-order valence-corrected chi connectivity index (χ1v) is 7.51. The van der Waals surface area contributed by atoms with Crippen LogP contribution in [0, 0.1) is 0 Å². The SMILES string of the molecule is CC1(C)OB(c2cc(Nc3ccccc3)ccn2)OC1(C)C. The highest BCUT2D eigenvalue weighted by Crippen LogP contribution is 2.36. The molecule has 114 valence electrons. The van der Waals surface area contributed by atoms with Gasteiger partial charge in [0, 0.05) is 17.6 Å². The minimum absolute atomic E-state index is 0.359. The molecule has 1 aromatic heterocycles. The van der Waals surface area contributed by atoms with E-state index in [9.17, 15) is 0 Å². The minimum atomic E-state index is -0.442. The molecule has 0 aliphatic carbocycles. The lowest BCUT2D eigenvalue weighted by atomic mass is 9.84. The summed E-state index contributed by atoms with van der Waals surface area (Å²) in [5.74, 6) is 0. The van der Waals surface area contributed by atoms with E-state index in [1.54, 1.807) is 6.20 Å². The van der Waals surface area contributed by atoms with Gasteiger partial charge in [-0.15, -0.1) is 0 Å². The Labute approximate surface area is 132 Å². The number of hydrogen-bond acceptors (Lipinski definition) is 4. The van der Waals surface area contributed by atoms with E-state index < -0.39 is 7.12 Å². The highest BCUT2D eigenvalue weighted by Gasteiger charge is 2.52. The lowest BCUT2D eigenvalue weighted by Crippen LogP contribution is -2.41. The molecule has 1 fully saturated rings. The van der Waals surface area contributed by atoms with Gasteiger partial charge >= 0.3 is 7.12 Å². The van der Waals surface area contributed by atoms with Crippen LogP contribution in [0.1, 0.15) is 27.7 Å². The van der Waals surface area contributed by atoms with Crippen molar-refractivity contribution in [2.75, 3.05) is 5.32 Å². The molecule has 2 aromatic rings. The van der Waals surface area contributed by atoms with Gasteiger partial charge in [-0.2, -0.15) is 0 Å². The molecule has 22 heavy (non-hydrogen) atoms. The van der Waals surface area contributed by atoms with E-state index in [4.69, 9.17) is 9.31 Å². The smallest absolute Gasteiger partial charge is 0.398 e. The van der Waals surface area contributed by atoms with Gasteiger partial charge in [-0.25, -0.2) is 0 Å². The molecule has 0 radical (unpaired) electrons. The molecule has 1 aromatic carbocycles. The Morgan fingerprint density at radius 2 is 1.55 bits per heavy atom. The Morgan fingerprint density at radius 3 is 2.18 bits per heavy atom. The van der Waals surface area contributed by atoms with E-state index in [1.807, 2.05) is 70.2 Å². The molecule has 0 spiro atoms. The van der Waals surface area contributed by atoms with Crippen LogP contribution in [0.5, 0.6) is 0 Å². The summed E-state index contributed by atoms with van der Waals surface area (Å²) in [6.07, 6.45) is 1.77. The van der Waals surface area contributed by atoms with Crippen LogP contribution in [-0.2, 0) is 9.31 Å². The third kappa shape index (κ3) is 2.87. The van der Waals surface area contributed by atoms with Crippen molar-refractivity contribution < 1.29 is 9.31 Å². The van der Waals surface area contributed by atoms with Gasteiger partial charge in [-0.05, 0) is 52.0 Å². The fraction of sp³-hybridized carbons (Fsp3) is 0.353. The molecule has 0 saturated carbocycles. The lowest BCUT2D eigenvalue weighted by Gasteiger charge is -2.32. The number of pyridine rings is 1. The van der Waals surface area contributed by atoms with Gasteiger partial charge in [0.15, 0.2) is 0 Å². The number of hydrogen-bond donors (Lipinski definition) is 1. The van der Waals surface area contributed by atoms with Crippen LogP contribution in [0.15, 0.2) is 48.7 Å². The normalized spacial score (nSPS) is 19.2. The van der Waals surface area contributed by atoms with Gasteiger partial charge in [0.2, 0.25) is 0 Å². The average molecular weight is 296 g/mol. The van der Waals surface area contributed by atoms with Crippen molar-refractivity contribution in [2.45, 2.75) is 38.9 Å². The first kappa shape index (κ1) is 15.1. The summed E-state index contributed by atoms with van der Waals surface area (Å²) in [6.45, 7) is 8.16. The van der Waals surface area contributed by atoms with Crippen LogP contribution >= 0.6 is 0 Å². The largest absolute Gasteiger partial charge is 0.514 e. The van der Waals surface area contributed by atoms with Crippen molar-refractivity contribution in [1.29, 1.82) is 0 Å². The zero-order chi connectivity index (χ0) is 15.8. The quantitative estimate of drug-likeness (QED) is 0.884. The van der Waals surface area contributed by atoms with Crippen LogP contribution in [-0.4, -0.2) is 23.3 Å². The van der Waals surface area contributed by atoms with Crippen LogP contribution in [0.3, 0.4) is 0 Å². The molecule has 4 nitrogen and oxygen atoms in total. The summed E-state index contributed by atoms with van der Waals surface area (Å²) in [5.41, 5.74) is 2.06. The van der Waals surface area contributed by atoms with E-state index in [0.717, 1.165) is 17.0 Å². The monoisotopic (exact) mass is 296 g/mol. The maximum absolute atomic E-state index is 6.04.